The van der Waals surface area contributed by atoms with Crippen LogP contribution in [0, 0.1) is 5.82 Å². The van der Waals surface area contributed by atoms with Crippen molar-refractivity contribution in [2.45, 2.75) is 19.4 Å². The molecule has 2 rings (SSSR count). The second-order valence-electron chi connectivity index (χ2n) is 5.34. The molecule has 0 radical (unpaired) electrons. The first kappa shape index (κ1) is 17.5. The van der Waals surface area contributed by atoms with E-state index < -0.39 is 0 Å². The number of rotatable bonds is 6. The molecular weight excluding hydrogens is 309 g/mol. The van der Waals surface area contributed by atoms with Gasteiger partial charge in [-0.25, -0.2) is 9.18 Å². The van der Waals surface area contributed by atoms with E-state index in [1.165, 1.54) is 12.1 Å². The Morgan fingerprint density at radius 2 is 1.71 bits per heavy atom. The summed E-state index contributed by atoms with van der Waals surface area (Å²) in [5, 5.41) is 8.10. The molecule has 0 unspecified atom stereocenters. The third kappa shape index (κ3) is 5.72. The van der Waals surface area contributed by atoms with Crippen LogP contribution in [0.2, 0.25) is 0 Å². The molecule has 0 aliphatic heterocycles. The molecule has 24 heavy (non-hydrogen) atoms. The summed E-state index contributed by atoms with van der Waals surface area (Å²) in [5.74, 6) is -0.502. The van der Waals surface area contributed by atoms with E-state index in [1.807, 2.05) is 25.1 Å². The molecule has 3 N–H and O–H groups in total. The quantitative estimate of drug-likeness (QED) is 0.761. The van der Waals surface area contributed by atoms with E-state index >= 15 is 0 Å². The molecule has 1 atom stereocenters. The Morgan fingerprint density at radius 3 is 2.38 bits per heavy atom. The van der Waals surface area contributed by atoms with Gasteiger partial charge in [0.05, 0.1) is 6.04 Å². The van der Waals surface area contributed by atoms with Crippen molar-refractivity contribution in [3.8, 4) is 0 Å². The highest BCUT2D eigenvalue weighted by Crippen LogP contribution is 2.12. The largest absolute Gasteiger partial charge is 0.350 e. The maximum absolute atomic E-state index is 12.9. The molecule has 0 aliphatic rings. The van der Waals surface area contributed by atoms with Crippen LogP contribution in [0.1, 0.15) is 24.9 Å². The number of carbonyl (C=O) groups excluding carboxylic acids is 2. The predicted octanol–water partition coefficient (Wildman–Crippen LogP) is 3.21. The topological polar surface area (TPSA) is 70.2 Å². The molecule has 0 aliphatic carbocycles. The van der Waals surface area contributed by atoms with Gasteiger partial charge in [-0.3, -0.25) is 4.79 Å². The Balaban J connectivity index is 1.69. The summed E-state index contributed by atoms with van der Waals surface area (Å²) in [5.41, 5.74) is 1.50. The van der Waals surface area contributed by atoms with Crippen molar-refractivity contribution >= 4 is 17.6 Å². The zero-order chi connectivity index (χ0) is 17.4. The van der Waals surface area contributed by atoms with Crippen molar-refractivity contribution in [1.82, 2.24) is 10.6 Å². The predicted molar refractivity (Wildman–Crippen MR) is 91.0 cm³/mol. The van der Waals surface area contributed by atoms with E-state index in [4.69, 9.17) is 0 Å². The molecule has 0 spiro atoms. The second kappa shape index (κ2) is 8.67. The Kier molecular flexibility index (Phi) is 6.31. The lowest BCUT2D eigenvalue weighted by Gasteiger charge is -2.14. The Labute approximate surface area is 140 Å². The van der Waals surface area contributed by atoms with Gasteiger partial charge in [-0.1, -0.05) is 30.3 Å². The lowest BCUT2D eigenvalue weighted by Crippen LogP contribution is -2.34. The van der Waals surface area contributed by atoms with Gasteiger partial charge in [0.25, 0.3) is 0 Å². The first-order chi connectivity index (χ1) is 11.5. The number of hydrogen-bond donors (Lipinski definition) is 3. The number of amides is 3. The van der Waals surface area contributed by atoms with Crippen LogP contribution in [-0.4, -0.2) is 18.5 Å². The molecule has 3 amide bonds. The molecule has 5 nitrogen and oxygen atoms in total. The standard InChI is InChI=1S/C18H20FN3O2/c1-13(14-7-9-15(19)10-8-14)21-17(23)11-12-20-18(24)22-16-5-3-2-4-6-16/h2-10,13H,11-12H2,1H3,(H,21,23)(H2,20,22,24)/t13-/m0/s1. The third-order valence-corrected chi connectivity index (χ3v) is 3.42. The summed E-state index contributed by atoms with van der Waals surface area (Å²) in [6, 6.07) is 14.4. The monoisotopic (exact) mass is 329 g/mol. The fraction of sp³-hybridized carbons (Fsp3) is 0.222. The summed E-state index contributed by atoms with van der Waals surface area (Å²) in [6.07, 6.45) is 0.160. The van der Waals surface area contributed by atoms with E-state index in [0.717, 1.165) is 5.56 Å². The van der Waals surface area contributed by atoms with Gasteiger partial charge >= 0.3 is 6.03 Å². The van der Waals surface area contributed by atoms with Crippen LogP contribution in [0.4, 0.5) is 14.9 Å². The van der Waals surface area contributed by atoms with E-state index in [9.17, 15) is 14.0 Å². The average molecular weight is 329 g/mol. The zero-order valence-corrected chi connectivity index (χ0v) is 13.4. The number of hydrogen-bond acceptors (Lipinski definition) is 2. The highest BCUT2D eigenvalue weighted by atomic mass is 19.1. The fourth-order valence-corrected chi connectivity index (χ4v) is 2.13. The Bertz CT molecular complexity index is 674. The average Bonchev–Trinajstić information content (AvgIpc) is 2.56. The van der Waals surface area contributed by atoms with Crippen molar-refractivity contribution in [3.05, 3.63) is 66.0 Å². The summed E-state index contributed by atoms with van der Waals surface area (Å²) >= 11 is 0. The van der Waals surface area contributed by atoms with Crippen molar-refractivity contribution in [3.63, 3.8) is 0 Å². The number of urea groups is 1. The first-order valence-corrected chi connectivity index (χ1v) is 7.69. The van der Waals surface area contributed by atoms with E-state index in [-0.39, 0.29) is 36.8 Å². The SMILES string of the molecule is C[C@H](NC(=O)CCNC(=O)Nc1ccccc1)c1ccc(F)cc1. The molecule has 0 fully saturated rings. The Hall–Kier alpha value is -2.89. The molecular formula is C18H20FN3O2. The van der Waals surface area contributed by atoms with Crippen LogP contribution in [0.3, 0.4) is 0 Å². The second-order valence-corrected chi connectivity index (χ2v) is 5.34. The van der Waals surface area contributed by atoms with E-state index in [1.54, 1.807) is 24.3 Å². The van der Waals surface area contributed by atoms with Gasteiger partial charge in [0, 0.05) is 18.7 Å². The van der Waals surface area contributed by atoms with Crippen LogP contribution in [0.15, 0.2) is 54.6 Å². The van der Waals surface area contributed by atoms with Crippen molar-refractivity contribution < 1.29 is 14.0 Å². The number of halogens is 1. The molecule has 2 aromatic rings. The summed E-state index contributed by atoms with van der Waals surface area (Å²) in [4.78, 5) is 23.6. The summed E-state index contributed by atoms with van der Waals surface area (Å²) in [6.45, 7) is 2.04. The molecule has 0 aromatic heterocycles. The molecule has 0 saturated heterocycles. The molecule has 0 saturated carbocycles. The van der Waals surface area contributed by atoms with Crippen molar-refractivity contribution in [2.24, 2.45) is 0 Å². The highest BCUT2D eigenvalue weighted by Gasteiger charge is 2.10. The number of nitrogens with one attached hydrogen (secondary N) is 3. The molecule has 2 aromatic carbocycles. The summed E-state index contributed by atoms with van der Waals surface area (Å²) in [7, 11) is 0. The van der Waals surface area contributed by atoms with Gasteiger partial charge in [0.2, 0.25) is 5.91 Å². The minimum absolute atomic E-state index is 0.160. The number of carbonyl (C=O) groups is 2. The van der Waals surface area contributed by atoms with Crippen LogP contribution < -0.4 is 16.0 Å². The lowest BCUT2D eigenvalue weighted by atomic mass is 10.1. The minimum atomic E-state index is -0.361. The smallest absolute Gasteiger partial charge is 0.319 e. The zero-order valence-electron chi connectivity index (χ0n) is 13.4. The fourth-order valence-electron chi connectivity index (χ4n) is 2.13. The molecule has 126 valence electrons. The number of para-hydroxylation sites is 1. The number of benzene rings is 2. The first-order valence-electron chi connectivity index (χ1n) is 7.69. The molecule has 0 heterocycles. The van der Waals surface area contributed by atoms with Crippen LogP contribution in [-0.2, 0) is 4.79 Å². The minimum Gasteiger partial charge on any atom is -0.350 e. The molecule has 6 heteroatoms. The number of anilines is 1. The van der Waals surface area contributed by atoms with Crippen LogP contribution in [0.25, 0.3) is 0 Å². The van der Waals surface area contributed by atoms with Gasteiger partial charge in [-0.15, -0.1) is 0 Å². The van der Waals surface area contributed by atoms with Gasteiger partial charge in [0.15, 0.2) is 0 Å². The Morgan fingerprint density at radius 1 is 1.04 bits per heavy atom. The maximum Gasteiger partial charge on any atom is 0.319 e. The van der Waals surface area contributed by atoms with Crippen LogP contribution >= 0.6 is 0 Å². The normalized spacial score (nSPS) is 11.4. The summed E-state index contributed by atoms with van der Waals surface area (Å²) < 4.78 is 12.9. The molecule has 0 bridgehead atoms. The van der Waals surface area contributed by atoms with E-state index in [0.29, 0.717) is 5.69 Å². The third-order valence-electron chi connectivity index (χ3n) is 3.42. The van der Waals surface area contributed by atoms with Crippen LogP contribution in [0.5, 0.6) is 0 Å². The van der Waals surface area contributed by atoms with Crippen molar-refractivity contribution in [2.75, 3.05) is 11.9 Å². The van der Waals surface area contributed by atoms with Gasteiger partial charge in [-0.2, -0.15) is 0 Å². The highest BCUT2D eigenvalue weighted by molar-refractivity contribution is 5.89. The lowest BCUT2D eigenvalue weighted by molar-refractivity contribution is -0.121. The van der Waals surface area contributed by atoms with Crippen molar-refractivity contribution in [1.29, 1.82) is 0 Å². The van der Waals surface area contributed by atoms with Gasteiger partial charge in [0.1, 0.15) is 5.82 Å². The maximum atomic E-state index is 12.9. The van der Waals surface area contributed by atoms with Gasteiger partial charge < -0.3 is 16.0 Å². The van der Waals surface area contributed by atoms with Gasteiger partial charge in [-0.05, 0) is 36.8 Å². The van der Waals surface area contributed by atoms with E-state index in [2.05, 4.69) is 16.0 Å².